The molecule has 0 heterocycles. The first-order chi connectivity index (χ1) is 10.0. The summed E-state index contributed by atoms with van der Waals surface area (Å²) in [5, 5.41) is 0. The Hall–Kier alpha value is -2.42. The third-order valence-electron chi connectivity index (χ3n) is 2.81. The summed E-state index contributed by atoms with van der Waals surface area (Å²) in [7, 11) is 0.663. The van der Waals surface area contributed by atoms with Gasteiger partial charge in [0.15, 0.2) is 5.78 Å². The van der Waals surface area contributed by atoms with Crippen LogP contribution in [0.1, 0.15) is 5.56 Å². The molecule has 0 radical (unpaired) electrons. The molecule has 120 valence electrons. The Morgan fingerprint density at radius 1 is 1.18 bits per heavy atom. The number of hydrogen-bond acceptors (Lipinski definition) is 5. The van der Waals surface area contributed by atoms with E-state index in [1.165, 1.54) is 0 Å². The molecule has 1 atom stereocenters. The van der Waals surface area contributed by atoms with Gasteiger partial charge in [-0.1, -0.05) is 12.1 Å². The Bertz CT molecular complexity index is 611. The van der Waals surface area contributed by atoms with Gasteiger partial charge >= 0.3 is 12.1 Å². The maximum Gasteiger partial charge on any atom is 0.424 e. The van der Waals surface area contributed by atoms with Crippen molar-refractivity contribution < 1.29 is 31.9 Å². The molecule has 0 aliphatic rings. The third kappa shape index (κ3) is 3.25. The Kier molecular flexibility index (Phi) is 4.92. The quantitative estimate of drug-likeness (QED) is 0.375. The van der Waals surface area contributed by atoms with Gasteiger partial charge in [-0.2, -0.15) is 13.2 Å². The third-order valence-corrected chi connectivity index (χ3v) is 2.81. The number of alkyl halides is 3. The molecule has 5 nitrogen and oxygen atoms in total. The topological polar surface area (TPSA) is 95.4 Å². The molecule has 0 spiro atoms. The van der Waals surface area contributed by atoms with Crippen LogP contribution in [-0.2, 0) is 14.3 Å². The molecule has 0 bridgehead atoms. The Labute approximate surface area is 122 Å². The number of ketones is 1. The summed E-state index contributed by atoms with van der Waals surface area (Å²) in [6.07, 6.45) is -5.02. The number of carbonyl (C=O) groups is 2. The first-order valence-corrected chi connectivity index (χ1v) is 5.75. The van der Waals surface area contributed by atoms with Crippen molar-refractivity contribution in [1.82, 2.24) is 0 Å². The summed E-state index contributed by atoms with van der Waals surface area (Å²) < 4.78 is 55.5. The van der Waals surface area contributed by atoms with Crippen molar-refractivity contribution in [2.24, 2.45) is 11.5 Å². The highest BCUT2D eigenvalue weighted by atomic mass is 19.4. The highest BCUT2D eigenvalue weighted by Crippen LogP contribution is 2.31. The number of benzene rings is 1. The number of nitrogens with two attached hydrogens (primary N) is 2. The van der Waals surface area contributed by atoms with Crippen LogP contribution >= 0.6 is 0 Å². The van der Waals surface area contributed by atoms with Gasteiger partial charge in [0.2, 0.25) is 0 Å². The maximum atomic E-state index is 12.9. The number of ether oxygens (including phenoxy) is 1. The summed E-state index contributed by atoms with van der Waals surface area (Å²) in [6, 6.07) is 4.30. The van der Waals surface area contributed by atoms with Gasteiger partial charge in [-0.05, 0) is 17.7 Å². The maximum absolute atomic E-state index is 12.9. The predicted molar refractivity (Wildman–Crippen MR) is 68.6 cm³/mol. The van der Waals surface area contributed by atoms with Gasteiger partial charge in [0, 0.05) is 11.8 Å². The fraction of sp³-hybridized carbons (Fsp3) is 0.231. The van der Waals surface area contributed by atoms with Crippen LogP contribution in [0.3, 0.4) is 0 Å². The number of carbonyl (C=O) groups excluding carboxylic acids is 2. The van der Waals surface area contributed by atoms with Crippen molar-refractivity contribution in [1.29, 1.82) is 0 Å². The number of halogens is 4. The summed E-state index contributed by atoms with van der Waals surface area (Å²) in [5.41, 5.74) is 6.19. The van der Waals surface area contributed by atoms with Crippen LogP contribution in [0.15, 0.2) is 30.3 Å². The van der Waals surface area contributed by atoms with Crippen molar-refractivity contribution in [2.45, 2.75) is 11.7 Å². The number of hydrogen-bond donors (Lipinski definition) is 2. The lowest BCUT2D eigenvalue weighted by Gasteiger charge is -2.26. The second kappa shape index (κ2) is 6.14. The molecule has 0 saturated carbocycles. The molecule has 1 aromatic rings. The van der Waals surface area contributed by atoms with Gasteiger partial charge in [0.25, 0.3) is 5.54 Å². The molecule has 0 fully saturated rings. The van der Waals surface area contributed by atoms with Crippen LogP contribution < -0.4 is 11.5 Å². The highest BCUT2D eigenvalue weighted by molar-refractivity contribution is 6.16. The van der Waals surface area contributed by atoms with E-state index in [9.17, 15) is 27.2 Å². The van der Waals surface area contributed by atoms with E-state index < -0.39 is 35.0 Å². The lowest BCUT2D eigenvalue weighted by atomic mass is 9.93. The predicted octanol–water partition coefficient (Wildman–Crippen LogP) is 1.13. The van der Waals surface area contributed by atoms with Gasteiger partial charge < -0.3 is 16.2 Å². The molecule has 0 aliphatic carbocycles. The van der Waals surface area contributed by atoms with Gasteiger partial charge in [-0.3, -0.25) is 4.79 Å². The Morgan fingerprint density at radius 3 is 2.09 bits per heavy atom. The average molecular weight is 320 g/mol. The molecule has 0 saturated heterocycles. The monoisotopic (exact) mass is 320 g/mol. The largest absolute Gasteiger partial charge is 0.467 e. The van der Waals surface area contributed by atoms with Crippen LogP contribution in [0.2, 0.25) is 0 Å². The zero-order valence-electron chi connectivity index (χ0n) is 11.3. The standard InChI is InChI=1S/C13H12F4N2O3/c1-22-11(21)12(19,13(15,16)17)10(20)6-9(18)7-2-4-8(14)5-3-7/h2-6H,18-19H2,1H3/b9-6-. The number of methoxy groups -OCH3 is 1. The van der Waals surface area contributed by atoms with E-state index in [4.69, 9.17) is 11.5 Å². The summed E-state index contributed by atoms with van der Waals surface area (Å²) in [5.74, 6) is -4.36. The second-order valence-electron chi connectivity index (χ2n) is 4.27. The van der Waals surface area contributed by atoms with Crippen LogP contribution in [0.5, 0.6) is 0 Å². The van der Waals surface area contributed by atoms with E-state index in [0.29, 0.717) is 13.2 Å². The Morgan fingerprint density at radius 2 is 1.68 bits per heavy atom. The Balaban J connectivity index is 3.23. The first-order valence-electron chi connectivity index (χ1n) is 5.75. The van der Waals surface area contributed by atoms with E-state index in [-0.39, 0.29) is 5.56 Å². The van der Waals surface area contributed by atoms with E-state index in [1.807, 2.05) is 0 Å². The molecule has 0 aliphatic heterocycles. The van der Waals surface area contributed by atoms with E-state index >= 15 is 0 Å². The molecule has 4 N–H and O–H groups in total. The highest BCUT2D eigenvalue weighted by Gasteiger charge is 2.63. The van der Waals surface area contributed by atoms with Crippen molar-refractivity contribution in [3.63, 3.8) is 0 Å². The SMILES string of the molecule is COC(=O)C(N)(C(=O)/C=C(\N)c1ccc(F)cc1)C(F)(F)F. The zero-order valence-corrected chi connectivity index (χ0v) is 11.3. The van der Waals surface area contributed by atoms with Crippen molar-refractivity contribution >= 4 is 17.4 Å². The van der Waals surface area contributed by atoms with Crippen LogP contribution in [0.4, 0.5) is 17.6 Å². The van der Waals surface area contributed by atoms with Crippen molar-refractivity contribution in [3.8, 4) is 0 Å². The van der Waals surface area contributed by atoms with Crippen molar-refractivity contribution in [2.75, 3.05) is 7.11 Å². The molecule has 22 heavy (non-hydrogen) atoms. The summed E-state index contributed by atoms with van der Waals surface area (Å²) in [6.45, 7) is 0. The van der Waals surface area contributed by atoms with E-state index in [2.05, 4.69) is 4.74 Å². The average Bonchev–Trinajstić information content (AvgIpc) is 2.44. The van der Waals surface area contributed by atoms with Crippen molar-refractivity contribution in [3.05, 3.63) is 41.7 Å². The van der Waals surface area contributed by atoms with Gasteiger partial charge in [-0.15, -0.1) is 0 Å². The van der Waals surface area contributed by atoms with Gasteiger partial charge in [-0.25, -0.2) is 9.18 Å². The first kappa shape index (κ1) is 17.6. The van der Waals surface area contributed by atoms with Gasteiger partial charge in [0.05, 0.1) is 7.11 Å². The van der Waals surface area contributed by atoms with Gasteiger partial charge in [0.1, 0.15) is 5.82 Å². The summed E-state index contributed by atoms with van der Waals surface area (Å²) in [4.78, 5) is 23.1. The van der Waals surface area contributed by atoms with E-state index in [1.54, 1.807) is 0 Å². The number of rotatable bonds is 4. The lowest BCUT2D eigenvalue weighted by molar-refractivity contribution is -0.202. The fourth-order valence-corrected chi connectivity index (χ4v) is 1.50. The molecule has 9 heteroatoms. The fourth-order valence-electron chi connectivity index (χ4n) is 1.50. The van der Waals surface area contributed by atoms with Crippen LogP contribution in [0, 0.1) is 5.82 Å². The minimum atomic E-state index is -5.38. The molecule has 1 aromatic carbocycles. The zero-order chi connectivity index (χ0) is 17.1. The molecular formula is C13H12F4N2O3. The molecular weight excluding hydrogens is 308 g/mol. The minimum Gasteiger partial charge on any atom is -0.467 e. The normalized spacial score (nSPS) is 15.1. The van der Waals surface area contributed by atoms with Crippen LogP contribution in [-0.4, -0.2) is 30.6 Å². The molecule has 1 unspecified atom stereocenters. The smallest absolute Gasteiger partial charge is 0.424 e. The van der Waals surface area contributed by atoms with E-state index in [0.717, 1.165) is 24.3 Å². The molecule has 0 amide bonds. The molecule has 0 aromatic heterocycles. The minimum absolute atomic E-state index is 0.0872. The molecule has 1 rings (SSSR count). The summed E-state index contributed by atoms with van der Waals surface area (Å²) >= 11 is 0. The second-order valence-corrected chi connectivity index (χ2v) is 4.27. The number of esters is 1. The lowest BCUT2D eigenvalue weighted by Crippen LogP contribution is -2.65. The van der Waals surface area contributed by atoms with Crippen LogP contribution in [0.25, 0.3) is 5.70 Å².